The van der Waals surface area contributed by atoms with Crippen molar-refractivity contribution >= 4 is 0 Å². The molecule has 1 rings (SSSR count). The molecule has 1 aliphatic rings. The molecule has 0 aliphatic carbocycles. The van der Waals surface area contributed by atoms with Crippen LogP contribution in [0.5, 0.6) is 0 Å². The second-order valence-electron chi connectivity index (χ2n) is 4.51. The molecule has 0 aromatic carbocycles. The minimum absolute atomic E-state index is 0.118. The van der Waals surface area contributed by atoms with Crippen LogP contribution in [0.15, 0.2) is 36.0 Å². The van der Waals surface area contributed by atoms with E-state index in [2.05, 4.69) is 19.1 Å². The zero-order chi connectivity index (χ0) is 12.5. The normalized spacial score (nSPS) is 27.1. The molecule has 2 nitrogen and oxygen atoms in total. The first-order valence-electron chi connectivity index (χ1n) is 6.55. The van der Waals surface area contributed by atoms with E-state index in [9.17, 15) is 5.11 Å². The summed E-state index contributed by atoms with van der Waals surface area (Å²) in [7, 11) is 0. The van der Waals surface area contributed by atoms with Crippen LogP contribution in [0.3, 0.4) is 0 Å². The maximum Gasteiger partial charge on any atom is 0.104 e. The predicted octanol–water partition coefficient (Wildman–Crippen LogP) is 3.39. The molecular weight excluding hydrogens is 212 g/mol. The van der Waals surface area contributed by atoms with Crippen LogP contribution in [0.1, 0.15) is 39.5 Å². The van der Waals surface area contributed by atoms with Crippen molar-refractivity contribution in [1.29, 1.82) is 0 Å². The summed E-state index contributed by atoms with van der Waals surface area (Å²) in [6.07, 6.45) is 13.9. The average Bonchev–Trinajstić information content (AvgIpc) is 2.34. The number of rotatable bonds is 5. The molecular formula is C15H24O2. The molecule has 0 radical (unpaired) electrons. The van der Waals surface area contributed by atoms with E-state index < -0.39 is 0 Å². The predicted molar refractivity (Wildman–Crippen MR) is 71.9 cm³/mol. The van der Waals surface area contributed by atoms with E-state index in [0.717, 1.165) is 31.4 Å². The Balaban J connectivity index is 2.42. The van der Waals surface area contributed by atoms with Gasteiger partial charge in [0.1, 0.15) is 6.10 Å². The number of hydrogen-bond donors (Lipinski definition) is 1. The standard InChI is InChI=1S/C15H24O2/c1-3-4-5-6-7-8-10-13(2)15-14(16)11-9-12-17-15/h5-8,10,14-16H,3-4,9,11-12H2,1-2H3/t14-,15+/m1/s1. The highest BCUT2D eigenvalue weighted by Gasteiger charge is 2.24. The Kier molecular flexibility index (Phi) is 6.90. The van der Waals surface area contributed by atoms with Gasteiger partial charge < -0.3 is 9.84 Å². The number of aliphatic hydroxyl groups excluding tert-OH is 1. The van der Waals surface area contributed by atoms with E-state index in [0.29, 0.717) is 0 Å². The lowest BCUT2D eigenvalue weighted by Crippen LogP contribution is -2.34. The van der Waals surface area contributed by atoms with Crippen molar-refractivity contribution in [3.05, 3.63) is 36.0 Å². The average molecular weight is 236 g/mol. The molecule has 96 valence electrons. The Morgan fingerprint density at radius 1 is 1.35 bits per heavy atom. The van der Waals surface area contributed by atoms with Gasteiger partial charge in [0, 0.05) is 6.61 Å². The van der Waals surface area contributed by atoms with Crippen molar-refractivity contribution in [2.24, 2.45) is 0 Å². The molecule has 1 fully saturated rings. The van der Waals surface area contributed by atoms with Gasteiger partial charge >= 0.3 is 0 Å². The van der Waals surface area contributed by atoms with Gasteiger partial charge in [-0.1, -0.05) is 43.7 Å². The number of aliphatic hydroxyl groups is 1. The van der Waals surface area contributed by atoms with Crippen molar-refractivity contribution in [2.45, 2.75) is 51.7 Å². The Labute approximate surface area is 105 Å². The summed E-state index contributed by atoms with van der Waals surface area (Å²) in [6, 6.07) is 0. The van der Waals surface area contributed by atoms with Crippen LogP contribution in [0.25, 0.3) is 0 Å². The second kappa shape index (κ2) is 8.26. The van der Waals surface area contributed by atoms with Crippen LogP contribution in [-0.4, -0.2) is 23.9 Å². The van der Waals surface area contributed by atoms with Crippen LogP contribution in [0.2, 0.25) is 0 Å². The fourth-order valence-electron chi connectivity index (χ4n) is 1.91. The van der Waals surface area contributed by atoms with E-state index in [1.807, 2.05) is 25.2 Å². The monoisotopic (exact) mass is 236 g/mol. The molecule has 0 saturated carbocycles. The fraction of sp³-hybridized carbons (Fsp3) is 0.600. The Hall–Kier alpha value is -0.860. The molecule has 2 atom stereocenters. The smallest absolute Gasteiger partial charge is 0.104 e. The Morgan fingerprint density at radius 2 is 2.18 bits per heavy atom. The van der Waals surface area contributed by atoms with Gasteiger partial charge in [-0.2, -0.15) is 0 Å². The van der Waals surface area contributed by atoms with Crippen LogP contribution in [0.4, 0.5) is 0 Å². The number of ether oxygens (including phenoxy) is 1. The van der Waals surface area contributed by atoms with Gasteiger partial charge in [-0.3, -0.25) is 0 Å². The molecule has 2 heteroatoms. The van der Waals surface area contributed by atoms with Crippen LogP contribution in [-0.2, 0) is 4.74 Å². The summed E-state index contributed by atoms with van der Waals surface area (Å²) in [6.45, 7) is 4.94. The van der Waals surface area contributed by atoms with Crippen molar-refractivity contribution < 1.29 is 9.84 Å². The van der Waals surface area contributed by atoms with E-state index in [4.69, 9.17) is 4.74 Å². The lowest BCUT2D eigenvalue weighted by atomic mass is 9.99. The highest BCUT2D eigenvalue weighted by atomic mass is 16.5. The highest BCUT2D eigenvalue weighted by molar-refractivity contribution is 5.19. The zero-order valence-electron chi connectivity index (χ0n) is 10.9. The lowest BCUT2D eigenvalue weighted by molar-refractivity contribution is -0.0540. The minimum atomic E-state index is -0.343. The van der Waals surface area contributed by atoms with Gasteiger partial charge in [0.25, 0.3) is 0 Å². The van der Waals surface area contributed by atoms with Crippen molar-refractivity contribution in [1.82, 2.24) is 0 Å². The molecule has 0 aromatic rings. The number of hydrogen-bond acceptors (Lipinski definition) is 2. The first-order chi connectivity index (χ1) is 8.25. The third kappa shape index (κ3) is 5.33. The van der Waals surface area contributed by atoms with Gasteiger partial charge in [-0.05, 0) is 31.8 Å². The Morgan fingerprint density at radius 3 is 2.88 bits per heavy atom. The maximum absolute atomic E-state index is 9.81. The molecule has 0 spiro atoms. The van der Waals surface area contributed by atoms with Gasteiger partial charge in [0.2, 0.25) is 0 Å². The van der Waals surface area contributed by atoms with Gasteiger partial charge in [-0.15, -0.1) is 0 Å². The summed E-state index contributed by atoms with van der Waals surface area (Å²) < 4.78 is 5.58. The van der Waals surface area contributed by atoms with Crippen molar-refractivity contribution in [2.75, 3.05) is 6.61 Å². The molecule has 1 aliphatic heterocycles. The molecule has 1 N–H and O–H groups in total. The first kappa shape index (κ1) is 14.2. The third-order valence-electron chi connectivity index (χ3n) is 2.91. The molecule has 1 saturated heterocycles. The third-order valence-corrected chi connectivity index (χ3v) is 2.91. The van der Waals surface area contributed by atoms with Gasteiger partial charge in [0.15, 0.2) is 0 Å². The molecule has 0 amide bonds. The largest absolute Gasteiger partial charge is 0.390 e. The summed E-state index contributed by atoms with van der Waals surface area (Å²) in [5, 5.41) is 9.81. The van der Waals surface area contributed by atoms with E-state index in [1.165, 1.54) is 6.42 Å². The van der Waals surface area contributed by atoms with Crippen LogP contribution in [0, 0.1) is 0 Å². The Bertz CT molecular complexity index is 289. The summed E-state index contributed by atoms with van der Waals surface area (Å²) in [4.78, 5) is 0. The lowest BCUT2D eigenvalue weighted by Gasteiger charge is -2.28. The highest BCUT2D eigenvalue weighted by Crippen LogP contribution is 2.20. The maximum atomic E-state index is 9.81. The van der Waals surface area contributed by atoms with E-state index in [-0.39, 0.29) is 12.2 Å². The SMILES string of the molecule is CCCC=CC=CC=C(C)[C@@H]1OCCC[C@H]1O. The first-order valence-corrected chi connectivity index (χ1v) is 6.55. The van der Waals surface area contributed by atoms with Crippen molar-refractivity contribution in [3.8, 4) is 0 Å². The quantitative estimate of drug-likeness (QED) is 0.741. The molecule has 0 aromatic heterocycles. The minimum Gasteiger partial charge on any atom is -0.390 e. The summed E-state index contributed by atoms with van der Waals surface area (Å²) in [5.74, 6) is 0. The number of unbranched alkanes of at least 4 members (excludes halogenated alkanes) is 1. The van der Waals surface area contributed by atoms with Gasteiger partial charge in [0.05, 0.1) is 6.10 Å². The van der Waals surface area contributed by atoms with Crippen molar-refractivity contribution in [3.63, 3.8) is 0 Å². The molecule has 17 heavy (non-hydrogen) atoms. The molecule has 0 unspecified atom stereocenters. The molecule has 1 heterocycles. The van der Waals surface area contributed by atoms with E-state index in [1.54, 1.807) is 0 Å². The topological polar surface area (TPSA) is 29.5 Å². The molecule has 0 bridgehead atoms. The fourth-order valence-corrected chi connectivity index (χ4v) is 1.91. The van der Waals surface area contributed by atoms with Crippen LogP contribution >= 0.6 is 0 Å². The van der Waals surface area contributed by atoms with E-state index >= 15 is 0 Å². The number of allylic oxidation sites excluding steroid dienone is 5. The zero-order valence-corrected chi connectivity index (χ0v) is 10.9. The summed E-state index contributed by atoms with van der Waals surface area (Å²) in [5.41, 5.74) is 1.09. The van der Waals surface area contributed by atoms with Crippen LogP contribution < -0.4 is 0 Å². The summed E-state index contributed by atoms with van der Waals surface area (Å²) >= 11 is 0. The second-order valence-corrected chi connectivity index (χ2v) is 4.51. The van der Waals surface area contributed by atoms with Gasteiger partial charge in [-0.25, -0.2) is 0 Å².